The molecule has 2 rings (SSSR count). The molecule has 0 radical (unpaired) electrons. The summed E-state index contributed by atoms with van der Waals surface area (Å²) in [5.74, 6) is -0.303. The molecule has 0 fully saturated rings. The van der Waals surface area contributed by atoms with E-state index in [0.29, 0.717) is 16.5 Å². The van der Waals surface area contributed by atoms with Crippen molar-refractivity contribution in [1.82, 2.24) is 10.3 Å². The summed E-state index contributed by atoms with van der Waals surface area (Å²) in [6.45, 7) is 0. The number of nitrogens with one attached hydrogen (secondary N) is 2. The average Bonchev–Trinajstić information content (AvgIpc) is 2.69. The molecule has 1 aromatic carbocycles. The van der Waals surface area contributed by atoms with Crippen LogP contribution in [0, 0.1) is 0 Å². The Kier molecular flexibility index (Phi) is 3.08. The van der Waals surface area contributed by atoms with E-state index >= 15 is 0 Å². The van der Waals surface area contributed by atoms with Crippen molar-refractivity contribution in [2.75, 3.05) is 13.3 Å². The van der Waals surface area contributed by atoms with Crippen molar-refractivity contribution >= 4 is 38.2 Å². The lowest BCUT2D eigenvalue weighted by atomic mass is 10.1. The van der Waals surface area contributed by atoms with Crippen LogP contribution < -0.4 is 5.32 Å². The Morgan fingerprint density at radius 1 is 1.39 bits per heavy atom. The lowest BCUT2D eigenvalue weighted by Crippen LogP contribution is -2.17. The van der Waals surface area contributed by atoms with E-state index in [9.17, 15) is 13.2 Å². The number of aromatic nitrogens is 1. The quantitative estimate of drug-likeness (QED) is 0.880. The molecular weight excluding hydrogens is 276 g/mol. The van der Waals surface area contributed by atoms with Gasteiger partial charge in [0.15, 0.2) is 9.84 Å². The third-order valence-electron chi connectivity index (χ3n) is 2.59. The van der Waals surface area contributed by atoms with Gasteiger partial charge >= 0.3 is 0 Å². The number of carbonyl (C=O) groups excluding carboxylic acids is 1. The van der Waals surface area contributed by atoms with Crippen LogP contribution in [0.5, 0.6) is 0 Å². The summed E-state index contributed by atoms with van der Waals surface area (Å²) < 4.78 is 23.3. The van der Waals surface area contributed by atoms with Gasteiger partial charge in [-0.2, -0.15) is 0 Å². The van der Waals surface area contributed by atoms with Crippen molar-refractivity contribution in [1.29, 1.82) is 0 Å². The highest BCUT2D eigenvalue weighted by Gasteiger charge is 2.18. The molecule has 0 saturated carbocycles. The highest BCUT2D eigenvalue weighted by Crippen LogP contribution is 2.29. The molecule has 1 aromatic heterocycles. The fourth-order valence-corrected chi connectivity index (χ4v) is 2.94. The lowest BCUT2D eigenvalue weighted by molar-refractivity contribution is 0.0965. The number of benzene rings is 1. The maximum Gasteiger partial charge on any atom is 0.253 e. The Bertz CT molecular complexity index is 734. The molecule has 1 amide bonds. The first-order valence-electron chi connectivity index (χ1n) is 5.07. The summed E-state index contributed by atoms with van der Waals surface area (Å²) in [4.78, 5) is 14.5. The first-order valence-corrected chi connectivity index (χ1v) is 7.34. The van der Waals surface area contributed by atoms with Crippen molar-refractivity contribution in [2.45, 2.75) is 4.90 Å². The summed E-state index contributed by atoms with van der Waals surface area (Å²) in [6.07, 6.45) is 2.56. The molecular formula is C11H11ClN2O3S. The molecule has 2 aromatic rings. The van der Waals surface area contributed by atoms with Crippen LogP contribution in [0.1, 0.15) is 10.4 Å². The SMILES string of the molecule is CNC(=O)c1c[nH]c2c(S(C)(=O)=O)cc(Cl)cc12. The van der Waals surface area contributed by atoms with Gasteiger partial charge in [-0.15, -0.1) is 0 Å². The van der Waals surface area contributed by atoms with E-state index in [1.165, 1.54) is 19.3 Å². The molecule has 1 heterocycles. The van der Waals surface area contributed by atoms with E-state index in [1.807, 2.05) is 0 Å². The molecule has 0 aliphatic heterocycles. The van der Waals surface area contributed by atoms with Gasteiger partial charge in [0.1, 0.15) is 0 Å². The van der Waals surface area contributed by atoms with E-state index in [4.69, 9.17) is 11.6 Å². The number of H-pyrrole nitrogens is 1. The van der Waals surface area contributed by atoms with Gasteiger partial charge in [-0.05, 0) is 12.1 Å². The molecule has 96 valence electrons. The smallest absolute Gasteiger partial charge is 0.253 e. The number of sulfone groups is 1. The second-order valence-electron chi connectivity index (χ2n) is 3.88. The maximum absolute atomic E-state index is 11.7. The van der Waals surface area contributed by atoms with E-state index in [0.717, 1.165) is 6.26 Å². The molecule has 0 unspecified atom stereocenters. The summed E-state index contributed by atoms with van der Waals surface area (Å²) in [5.41, 5.74) is 0.750. The molecule has 0 spiro atoms. The van der Waals surface area contributed by atoms with Crippen LogP contribution in [0.25, 0.3) is 10.9 Å². The van der Waals surface area contributed by atoms with Crippen molar-refractivity contribution in [3.05, 3.63) is 28.9 Å². The molecule has 0 aliphatic carbocycles. The molecule has 0 aliphatic rings. The Balaban J connectivity index is 2.86. The number of halogens is 1. The zero-order chi connectivity index (χ0) is 13.5. The Hall–Kier alpha value is -1.53. The normalized spacial score (nSPS) is 11.7. The second kappa shape index (κ2) is 4.29. The first-order chi connectivity index (χ1) is 8.34. The van der Waals surface area contributed by atoms with Gasteiger partial charge < -0.3 is 10.3 Å². The monoisotopic (exact) mass is 286 g/mol. The van der Waals surface area contributed by atoms with Crippen LogP contribution in [-0.4, -0.2) is 32.6 Å². The summed E-state index contributed by atoms with van der Waals surface area (Å²) >= 11 is 5.90. The van der Waals surface area contributed by atoms with Crippen molar-refractivity contribution in [3.63, 3.8) is 0 Å². The summed E-state index contributed by atoms with van der Waals surface area (Å²) in [7, 11) is -1.92. The largest absolute Gasteiger partial charge is 0.359 e. The number of amides is 1. The molecule has 2 N–H and O–H groups in total. The number of rotatable bonds is 2. The minimum Gasteiger partial charge on any atom is -0.359 e. The molecule has 0 atom stereocenters. The molecule has 5 nitrogen and oxygen atoms in total. The van der Waals surface area contributed by atoms with Crippen LogP contribution in [0.3, 0.4) is 0 Å². The van der Waals surface area contributed by atoms with Gasteiger partial charge in [-0.3, -0.25) is 4.79 Å². The summed E-state index contributed by atoms with van der Waals surface area (Å²) in [5, 5.41) is 3.24. The Morgan fingerprint density at radius 2 is 2.06 bits per heavy atom. The van der Waals surface area contributed by atoms with Gasteiger partial charge in [0.05, 0.1) is 16.0 Å². The molecule has 0 saturated heterocycles. The van der Waals surface area contributed by atoms with E-state index in [2.05, 4.69) is 10.3 Å². The third kappa shape index (κ3) is 2.09. The topological polar surface area (TPSA) is 79.0 Å². The fraction of sp³-hybridized carbons (Fsp3) is 0.182. The molecule has 7 heteroatoms. The number of fused-ring (bicyclic) bond motifs is 1. The van der Waals surface area contributed by atoms with Gasteiger partial charge in [-0.1, -0.05) is 11.6 Å². The zero-order valence-electron chi connectivity index (χ0n) is 9.74. The minimum absolute atomic E-state index is 0.0835. The number of carbonyl (C=O) groups is 1. The predicted octanol–water partition coefficient (Wildman–Crippen LogP) is 1.58. The van der Waals surface area contributed by atoms with E-state index in [1.54, 1.807) is 6.07 Å². The number of hydrogen-bond donors (Lipinski definition) is 2. The molecule has 18 heavy (non-hydrogen) atoms. The third-order valence-corrected chi connectivity index (χ3v) is 3.93. The van der Waals surface area contributed by atoms with Gasteiger partial charge in [-0.25, -0.2) is 8.42 Å². The number of hydrogen-bond acceptors (Lipinski definition) is 3. The predicted molar refractivity (Wildman–Crippen MR) is 69.8 cm³/mol. The van der Waals surface area contributed by atoms with Crippen LogP contribution in [0.15, 0.2) is 23.2 Å². The highest BCUT2D eigenvalue weighted by molar-refractivity contribution is 7.91. The average molecular weight is 287 g/mol. The second-order valence-corrected chi connectivity index (χ2v) is 6.30. The Morgan fingerprint density at radius 3 is 2.61 bits per heavy atom. The highest BCUT2D eigenvalue weighted by atomic mass is 35.5. The number of aromatic amines is 1. The van der Waals surface area contributed by atoms with Crippen molar-refractivity contribution in [3.8, 4) is 0 Å². The lowest BCUT2D eigenvalue weighted by Gasteiger charge is -2.03. The van der Waals surface area contributed by atoms with Crippen molar-refractivity contribution < 1.29 is 13.2 Å². The van der Waals surface area contributed by atoms with Crippen molar-refractivity contribution in [2.24, 2.45) is 0 Å². The van der Waals surface area contributed by atoms with Crippen LogP contribution in [0.2, 0.25) is 5.02 Å². The Labute approximate surface area is 109 Å². The van der Waals surface area contributed by atoms with E-state index in [-0.39, 0.29) is 15.8 Å². The van der Waals surface area contributed by atoms with Gasteiger partial charge in [0.25, 0.3) is 5.91 Å². The maximum atomic E-state index is 11.7. The first kappa shape index (κ1) is 12.9. The fourth-order valence-electron chi connectivity index (χ4n) is 1.78. The van der Waals surface area contributed by atoms with Crippen LogP contribution in [-0.2, 0) is 9.84 Å². The van der Waals surface area contributed by atoms with Gasteiger partial charge in [0.2, 0.25) is 0 Å². The molecule has 0 bridgehead atoms. The van der Waals surface area contributed by atoms with Crippen LogP contribution >= 0.6 is 11.6 Å². The zero-order valence-corrected chi connectivity index (χ0v) is 11.3. The summed E-state index contributed by atoms with van der Waals surface area (Å²) in [6, 6.07) is 2.93. The van der Waals surface area contributed by atoms with Crippen LogP contribution in [0.4, 0.5) is 0 Å². The van der Waals surface area contributed by atoms with Gasteiger partial charge in [0, 0.05) is 29.9 Å². The minimum atomic E-state index is -3.42. The standard InChI is InChI=1S/C11H11ClN2O3S/c1-13-11(15)8-5-14-10-7(8)3-6(12)4-9(10)18(2,16)17/h3-5,14H,1-2H3,(H,13,15). The van der Waals surface area contributed by atoms with E-state index < -0.39 is 9.84 Å².